The standard InChI is InChI=1S/C16H23NO2/c1-18-13-7-6-12-8-15(16(17)14(12)9-13)19-10-11-4-2-3-5-11/h6-7,9,11,15-16H,2-5,8,10,17H2,1H3. The molecule has 0 aromatic heterocycles. The van der Waals surface area contributed by atoms with Crippen LogP contribution in [0.25, 0.3) is 0 Å². The second-order valence-electron chi connectivity index (χ2n) is 5.82. The SMILES string of the molecule is COc1ccc2c(c1)C(N)C(OCC1CCCC1)C2. The lowest BCUT2D eigenvalue weighted by molar-refractivity contribution is 0.0219. The first kappa shape index (κ1) is 12.9. The van der Waals surface area contributed by atoms with Crippen molar-refractivity contribution in [3.63, 3.8) is 0 Å². The zero-order valence-corrected chi connectivity index (χ0v) is 11.6. The minimum atomic E-state index is -0.00787. The third kappa shape index (κ3) is 2.63. The molecule has 0 amide bonds. The summed E-state index contributed by atoms with van der Waals surface area (Å²) in [5.74, 6) is 1.64. The van der Waals surface area contributed by atoms with Crippen molar-refractivity contribution in [2.24, 2.45) is 11.7 Å². The van der Waals surface area contributed by atoms with Crippen LogP contribution in [0.5, 0.6) is 5.75 Å². The molecule has 3 rings (SSSR count). The Labute approximate surface area is 115 Å². The predicted octanol–water partition coefficient (Wildman–Crippen LogP) is 2.83. The molecule has 1 saturated carbocycles. The van der Waals surface area contributed by atoms with Crippen molar-refractivity contribution >= 4 is 0 Å². The molecule has 0 heterocycles. The average molecular weight is 261 g/mol. The van der Waals surface area contributed by atoms with E-state index < -0.39 is 0 Å². The molecule has 1 aromatic carbocycles. The summed E-state index contributed by atoms with van der Waals surface area (Å²) in [7, 11) is 1.69. The summed E-state index contributed by atoms with van der Waals surface area (Å²) in [5, 5.41) is 0. The van der Waals surface area contributed by atoms with Crippen molar-refractivity contribution in [2.45, 2.75) is 44.2 Å². The highest BCUT2D eigenvalue weighted by molar-refractivity contribution is 5.42. The Morgan fingerprint density at radius 2 is 2.05 bits per heavy atom. The minimum absolute atomic E-state index is 0.00787. The smallest absolute Gasteiger partial charge is 0.119 e. The molecule has 104 valence electrons. The van der Waals surface area contributed by atoms with Gasteiger partial charge in [0.2, 0.25) is 0 Å². The monoisotopic (exact) mass is 261 g/mol. The van der Waals surface area contributed by atoms with Gasteiger partial charge in [0.25, 0.3) is 0 Å². The highest BCUT2D eigenvalue weighted by Gasteiger charge is 2.31. The van der Waals surface area contributed by atoms with Gasteiger partial charge in [0.15, 0.2) is 0 Å². The number of benzene rings is 1. The number of nitrogens with two attached hydrogens (primary N) is 1. The molecule has 2 unspecified atom stereocenters. The Bertz CT molecular complexity index is 440. The van der Waals surface area contributed by atoms with Gasteiger partial charge in [0, 0.05) is 13.0 Å². The van der Waals surface area contributed by atoms with Gasteiger partial charge in [-0.25, -0.2) is 0 Å². The van der Waals surface area contributed by atoms with Crippen molar-refractivity contribution in [1.29, 1.82) is 0 Å². The molecule has 0 bridgehead atoms. The zero-order valence-electron chi connectivity index (χ0n) is 11.6. The number of hydrogen-bond donors (Lipinski definition) is 1. The Hall–Kier alpha value is -1.06. The van der Waals surface area contributed by atoms with Crippen molar-refractivity contribution in [1.82, 2.24) is 0 Å². The highest BCUT2D eigenvalue weighted by atomic mass is 16.5. The Kier molecular flexibility index (Phi) is 3.76. The van der Waals surface area contributed by atoms with Crippen molar-refractivity contribution < 1.29 is 9.47 Å². The Morgan fingerprint density at radius 3 is 2.79 bits per heavy atom. The van der Waals surface area contributed by atoms with Crippen LogP contribution in [0.1, 0.15) is 42.9 Å². The van der Waals surface area contributed by atoms with Gasteiger partial charge in [0.05, 0.1) is 19.3 Å². The number of methoxy groups -OCH3 is 1. The van der Waals surface area contributed by atoms with Gasteiger partial charge in [0.1, 0.15) is 5.75 Å². The lowest BCUT2D eigenvalue weighted by Crippen LogP contribution is -2.27. The van der Waals surface area contributed by atoms with Crippen LogP contribution in [0.2, 0.25) is 0 Å². The van der Waals surface area contributed by atoms with Gasteiger partial charge in [-0.1, -0.05) is 18.9 Å². The highest BCUT2D eigenvalue weighted by Crippen LogP contribution is 2.35. The molecule has 0 radical (unpaired) electrons. The van der Waals surface area contributed by atoms with E-state index in [2.05, 4.69) is 12.1 Å². The maximum atomic E-state index is 6.32. The molecule has 2 aliphatic carbocycles. The minimum Gasteiger partial charge on any atom is -0.497 e. The van der Waals surface area contributed by atoms with E-state index in [0.29, 0.717) is 0 Å². The van der Waals surface area contributed by atoms with E-state index in [1.165, 1.54) is 36.8 Å². The van der Waals surface area contributed by atoms with Gasteiger partial charge in [-0.2, -0.15) is 0 Å². The fourth-order valence-corrected chi connectivity index (χ4v) is 3.34. The van der Waals surface area contributed by atoms with E-state index in [4.69, 9.17) is 15.2 Å². The lowest BCUT2D eigenvalue weighted by Gasteiger charge is -2.19. The van der Waals surface area contributed by atoms with Crippen molar-refractivity contribution in [3.05, 3.63) is 29.3 Å². The third-order valence-electron chi connectivity index (χ3n) is 4.55. The first-order valence-electron chi connectivity index (χ1n) is 7.32. The topological polar surface area (TPSA) is 44.5 Å². The molecule has 2 atom stereocenters. The molecular formula is C16H23NO2. The van der Waals surface area contributed by atoms with Gasteiger partial charge < -0.3 is 15.2 Å². The zero-order chi connectivity index (χ0) is 13.2. The summed E-state index contributed by atoms with van der Waals surface area (Å²) >= 11 is 0. The quantitative estimate of drug-likeness (QED) is 0.906. The second kappa shape index (κ2) is 5.51. The fourth-order valence-electron chi connectivity index (χ4n) is 3.34. The molecule has 1 fully saturated rings. The maximum absolute atomic E-state index is 6.32. The Morgan fingerprint density at radius 1 is 1.26 bits per heavy atom. The number of rotatable bonds is 4. The van der Waals surface area contributed by atoms with Gasteiger partial charge in [-0.15, -0.1) is 0 Å². The van der Waals surface area contributed by atoms with Crippen LogP contribution >= 0.6 is 0 Å². The summed E-state index contributed by atoms with van der Waals surface area (Å²) < 4.78 is 11.4. The fraction of sp³-hybridized carbons (Fsp3) is 0.625. The van der Waals surface area contributed by atoms with E-state index >= 15 is 0 Å². The van der Waals surface area contributed by atoms with Crippen LogP contribution in [0.3, 0.4) is 0 Å². The summed E-state index contributed by atoms with van der Waals surface area (Å²) in [4.78, 5) is 0. The van der Waals surface area contributed by atoms with Gasteiger partial charge >= 0.3 is 0 Å². The predicted molar refractivity (Wildman–Crippen MR) is 75.3 cm³/mol. The molecule has 2 N–H and O–H groups in total. The van der Waals surface area contributed by atoms with Crippen LogP contribution < -0.4 is 10.5 Å². The Balaban J connectivity index is 1.63. The number of fused-ring (bicyclic) bond motifs is 1. The molecule has 3 heteroatoms. The average Bonchev–Trinajstić information content (AvgIpc) is 3.05. The largest absolute Gasteiger partial charge is 0.497 e. The van der Waals surface area contributed by atoms with Crippen molar-refractivity contribution in [2.75, 3.05) is 13.7 Å². The summed E-state index contributed by atoms with van der Waals surface area (Å²) in [6, 6.07) is 6.17. The molecule has 19 heavy (non-hydrogen) atoms. The molecule has 1 aromatic rings. The normalized spacial score (nSPS) is 26.6. The van der Waals surface area contributed by atoms with Crippen LogP contribution in [0.15, 0.2) is 18.2 Å². The lowest BCUT2D eigenvalue weighted by atomic mass is 10.1. The van der Waals surface area contributed by atoms with E-state index in [0.717, 1.165) is 24.7 Å². The number of ether oxygens (including phenoxy) is 2. The van der Waals surface area contributed by atoms with Crippen LogP contribution in [0, 0.1) is 5.92 Å². The van der Waals surface area contributed by atoms with E-state index in [9.17, 15) is 0 Å². The second-order valence-corrected chi connectivity index (χ2v) is 5.82. The van der Waals surface area contributed by atoms with Crippen molar-refractivity contribution in [3.8, 4) is 5.75 Å². The summed E-state index contributed by atoms with van der Waals surface area (Å²) in [6.07, 6.45) is 6.45. The van der Waals surface area contributed by atoms with E-state index in [-0.39, 0.29) is 12.1 Å². The first-order valence-corrected chi connectivity index (χ1v) is 7.32. The molecular weight excluding hydrogens is 238 g/mol. The molecule has 3 nitrogen and oxygen atoms in total. The van der Waals surface area contributed by atoms with Crippen LogP contribution in [0.4, 0.5) is 0 Å². The van der Waals surface area contributed by atoms with Gasteiger partial charge in [-0.05, 0) is 42.0 Å². The van der Waals surface area contributed by atoms with Crippen LogP contribution in [-0.2, 0) is 11.2 Å². The molecule has 0 aliphatic heterocycles. The summed E-state index contributed by atoms with van der Waals surface area (Å²) in [6.45, 7) is 0.878. The summed E-state index contributed by atoms with van der Waals surface area (Å²) in [5.41, 5.74) is 8.82. The van der Waals surface area contributed by atoms with E-state index in [1.54, 1.807) is 7.11 Å². The van der Waals surface area contributed by atoms with Crippen LogP contribution in [-0.4, -0.2) is 19.8 Å². The van der Waals surface area contributed by atoms with E-state index in [1.807, 2.05) is 6.07 Å². The van der Waals surface area contributed by atoms with Gasteiger partial charge in [-0.3, -0.25) is 0 Å². The molecule has 0 spiro atoms. The third-order valence-corrected chi connectivity index (χ3v) is 4.55. The molecule has 2 aliphatic rings. The molecule has 0 saturated heterocycles. The number of hydrogen-bond acceptors (Lipinski definition) is 3. The maximum Gasteiger partial charge on any atom is 0.119 e. The first-order chi connectivity index (χ1) is 9.28.